The van der Waals surface area contributed by atoms with Crippen LogP contribution < -0.4 is 15.2 Å². The molecule has 0 saturated heterocycles. The fraction of sp³-hybridized carbons (Fsp3) is 0.200. The Morgan fingerprint density at radius 3 is 2.38 bits per heavy atom. The number of sulfonamides is 1. The average molecular weight is 306 g/mol. The van der Waals surface area contributed by atoms with Crippen LogP contribution in [0.15, 0.2) is 47.4 Å². The molecule has 0 aliphatic heterocycles. The van der Waals surface area contributed by atoms with Crippen LogP contribution >= 0.6 is 0 Å². The molecule has 3 N–H and O–H groups in total. The summed E-state index contributed by atoms with van der Waals surface area (Å²) < 4.78 is 28.1. The number of aryl methyl sites for hydroxylation is 1. The van der Waals surface area contributed by atoms with Crippen LogP contribution in [0.3, 0.4) is 0 Å². The van der Waals surface area contributed by atoms with Crippen molar-refractivity contribution in [3.05, 3.63) is 53.6 Å². The van der Waals surface area contributed by atoms with Crippen LogP contribution in [0, 0.1) is 6.92 Å². The minimum absolute atomic E-state index is 0.141. The molecule has 0 aromatic heterocycles. The molecule has 0 radical (unpaired) electrons. The second kappa shape index (κ2) is 6.15. The molecular weight excluding hydrogens is 288 g/mol. The van der Waals surface area contributed by atoms with Gasteiger partial charge in [-0.15, -0.1) is 0 Å². The van der Waals surface area contributed by atoms with Crippen molar-refractivity contribution in [2.75, 3.05) is 12.4 Å². The molecule has 0 fully saturated rings. The zero-order valence-corrected chi connectivity index (χ0v) is 12.8. The fourth-order valence-electron chi connectivity index (χ4n) is 1.96. The quantitative estimate of drug-likeness (QED) is 0.888. The molecule has 0 aliphatic carbocycles. The lowest BCUT2D eigenvalue weighted by molar-refractivity contribution is 0.414. The number of ether oxygens (including phenoxy) is 1. The van der Waals surface area contributed by atoms with Crippen molar-refractivity contribution in [3.8, 4) is 5.75 Å². The number of hydrogen-bond acceptors (Lipinski definition) is 4. The lowest BCUT2D eigenvalue weighted by Gasteiger charge is -2.10. The van der Waals surface area contributed by atoms with Gasteiger partial charge in [0, 0.05) is 12.2 Å². The van der Waals surface area contributed by atoms with Crippen LogP contribution in [0.5, 0.6) is 5.75 Å². The summed E-state index contributed by atoms with van der Waals surface area (Å²) >= 11 is 0. The van der Waals surface area contributed by atoms with Crippen molar-refractivity contribution >= 4 is 15.7 Å². The van der Waals surface area contributed by atoms with E-state index in [1.54, 1.807) is 26.2 Å². The van der Waals surface area contributed by atoms with Crippen LogP contribution in [0.25, 0.3) is 0 Å². The van der Waals surface area contributed by atoms with Gasteiger partial charge in [0.15, 0.2) is 0 Å². The number of primary sulfonamides is 1. The number of anilines is 1. The number of nitrogens with one attached hydrogen (secondary N) is 1. The Kier molecular flexibility index (Phi) is 4.50. The van der Waals surface area contributed by atoms with Gasteiger partial charge in [-0.05, 0) is 42.3 Å². The molecule has 112 valence electrons. The molecule has 0 atom stereocenters. The van der Waals surface area contributed by atoms with E-state index in [2.05, 4.69) is 5.32 Å². The second-order valence-electron chi connectivity index (χ2n) is 4.73. The monoisotopic (exact) mass is 306 g/mol. The number of methoxy groups -OCH3 is 1. The second-order valence-corrected chi connectivity index (χ2v) is 6.26. The van der Waals surface area contributed by atoms with Crippen molar-refractivity contribution in [3.63, 3.8) is 0 Å². The van der Waals surface area contributed by atoms with Crippen LogP contribution in [0.4, 0.5) is 5.69 Å². The number of rotatable bonds is 5. The molecule has 2 aromatic carbocycles. The standard InChI is InChI=1S/C15H18N2O3S/c1-11-3-6-13(9-15(11)21(16,18)19)17-10-12-4-7-14(20-2)8-5-12/h3-9,17H,10H2,1-2H3,(H2,16,18,19). The Morgan fingerprint density at radius 1 is 1.14 bits per heavy atom. The van der Waals surface area contributed by atoms with Gasteiger partial charge in [0.1, 0.15) is 5.75 Å². The van der Waals surface area contributed by atoms with Crippen LogP contribution in [-0.4, -0.2) is 15.5 Å². The summed E-state index contributed by atoms with van der Waals surface area (Å²) in [6, 6.07) is 12.8. The average Bonchev–Trinajstić information content (AvgIpc) is 2.45. The van der Waals surface area contributed by atoms with Gasteiger partial charge in [0.05, 0.1) is 12.0 Å². The highest BCUT2D eigenvalue weighted by molar-refractivity contribution is 7.89. The van der Waals surface area contributed by atoms with Crippen molar-refractivity contribution in [2.45, 2.75) is 18.4 Å². The summed E-state index contributed by atoms with van der Waals surface area (Å²) in [4.78, 5) is 0.141. The minimum Gasteiger partial charge on any atom is -0.497 e. The van der Waals surface area contributed by atoms with Crippen molar-refractivity contribution in [1.82, 2.24) is 0 Å². The van der Waals surface area contributed by atoms with E-state index in [-0.39, 0.29) is 4.90 Å². The van der Waals surface area contributed by atoms with E-state index in [0.717, 1.165) is 11.3 Å². The highest BCUT2D eigenvalue weighted by atomic mass is 32.2. The molecular formula is C15H18N2O3S. The Morgan fingerprint density at radius 2 is 1.81 bits per heavy atom. The van der Waals surface area contributed by atoms with E-state index >= 15 is 0 Å². The zero-order valence-electron chi connectivity index (χ0n) is 12.0. The van der Waals surface area contributed by atoms with E-state index in [0.29, 0.717) is 17.8 Å². The van der Waals surface area contributed by atoms with E-state index in [4.69, 9.17) is 9.88 Å². The summed E-state index contributed by atoms with van der Waals surface area (Å²) in [7, 11) is -2.09. The number of hydrogen-bond donors (Lipinski definition) is 2. The first-order valence-corrected chi connectivity index (χ1v) is 7.95. The lowest BCUT2D eigenvalue weighted by atomic mass is 10.2. The van der Waals surface area contributed by atoms with Gasteiger partial charge in [-0.25, -0.2) is 13.6 Å². The first-order valence-electron chi connectivity index (χ1n) is 6.40. The summed E-state index contributed by atoms with van der Waals surface area (Å²) in [6.07, 6.45) is 0. The van der Waals surface area contributed by atoms with Crippen molar-refractivity contribution in [1.29, 1.82) is 0 Å². The fourth-order valence-corrected chi connectivity index (χ4v) is 2.77. The molecule has 0 amide bonds. The highest BCUT2D eigenvalue weighted by Gasteiger charge is 2.11. The SMILES string of the molecule is COc1ccc(CNc2ccc(C)c(S(N)(=O)=O)c2)cc1. The van der Waals surface area contributed by atoms with Crippen molar-refractivity contribution < 1.29 is 13.2 Å². The summed E-state index contributed by atoms with van der Waals surface area (Å²) in [6.45, 7) is 2.30. The molecule has 2 rings (SSSR count). The maximum Gasteiger partial charge on any atom is 0.238 e. The molecule has 0 aliphatic rings. The third-order valence-electron chi connectivity index (χ3n) is 3.15. The lowest BCUT2D eigenvalue weighted by Crippen LogP contribution is -2.14. The molecule has 0 saturated carbocycles. The zero-order chi connectivity index (χ0) is 15.5. The molecule has 0 heterocycles. The van der Waals surface area contributed by atoms with Gasteiger partial charge < -0.3 is 10.1 Å². The van der Waals surface area contributed by atoms with Gasteiger partial charge in [-0.2, -0.15) is 0 Å². The Balaban J connectivity index is 2.13. The van der Waals surface area contributed by atoms with Gasteiger partial charge >= 0.3 is 0 Å². The predicted molar refractivity (Wildman–Crippen MR) is 82.9 cm³/mol. The third kappa shape index (κ3) is 3.96. The third-order valence-corrected chi connectivity index (χ3v) is 4.20. The van der Waals surface area contributed by atoms with E-state index in [1.165, 1.54) is 0 Å². The predicted octanol–water partition coefficient (Wildman–Crippen LogP) is 2.26. The van der Waals surface area contributed by atoms with Gasteiger partial charge in [0.25, 0.3) is 0 Å². The molecule has 0 unspecified atom stereocenters. The molecule has 2 aromatic rings. The van der Waals surface area contributed by atoms with Gasteiger partial charge in [-0.3, -0.25) is 0 Å². The van der Waals surface area contributed by atoms with E-state index < -0.39 is 10.0 Å². The smallest absolute Gasteiger partial charge is 0.238 e. The first-order chi connectivity index (χ1) is 9.90. The van der Waals surface area contributed by atoms with Crippen LogP contribution in [0.2, 0.25) is 0 Å². The number of nitrogens with two attached hydrogens (primary N) is 1. The molecule has 0 bridgehead atoms. The maximum absolute atomic E-state index is 11.5. The molecule has 5 nitrogen and oxygen atoms in total. The highest BCUT2D eigenvalue weighted by Crippen LogP contribution is 2.20. The van der Waals surface area contributed by atoms with Gasteiger partial charge in [-0.1, -0.05) is 18.2 Å². The summed E-state index contributed by atoms with van der Waals surface area (Å²) in [5, 5.41) is 8.37. The largest absolute Gasteiger partial charge is 0.497 e. The van der Waals surface area contributed by atoms with E-state index in [9.17, 15) is 8.42 Å². The Labute approximate surface area is 124 Å². The Hall–Kier alpha value is -2.05. The molecule has 0 spiro atoms. The Bertz CT molecular complexity index is 725. The van der Waals surface area contributed by atoms with Crippen LogP contribution in [-0.2, 0) is 16.6 Å². The number of benzene rings is 2. The minimum atomic E-state index is -3.70. The summed E-state index contributed by atoms with van der Waals surface area (Å²) in [5.41, 5.74) is 2.40. The normalized spacial score (nSPS) is 11.2. The summed E-state index contributed by atoms with van der Waals surface area (Å²) in [5.74, 6) is 0.797. The van der Waals surface area contributed by atoms with Crippen LogP contribution in [0.1, 0.15) is 11.1 Å². The van der Waals surface area contributed by atoms with Crippen molar-refractivity contribution in [2.24, 2.45) is 5.14 Å². The molecule has 21 heavy (non-hydrogen) atoms. The topological polar surface area (TPSA) is 81.4 Å². The first kappa shape index (κ1) is 15.3. The molecule has 6 heteroatoms. The van der Waals surface area contributed by atoms with Gasteiger partial charge in [0.2, 0.25) is 10.0 Å². The maximum atomic E-state index is 11.5. The van der Waals surface area contributed by atoms with E-state index in [1.807, 2.05) is 30.3 Å².